The van der Waals surface area contributed by atoms with Crippen LogP contribution in [0.25, 0.3) is 0 Å². The summed E-state index contributed by atoms with van der Waals surface area (Å²) in [5.74, 6) is 2.72. The molecule has 0 amide bonds. The average Bonchev–Trinajstić information content (AvgIpc) is 2.80. The van der Waals surface area contributed by atoms with Gasteiger partial charge in [-0.1, -0.05) is 30.3 Å². The molecule has 2 aromatic rings. The largest absolute Gasteiger partial charge is 0.496 e. The number of ether oxygens (including phenoxy) is 4. The van der Waals surface area contributed by atoms with Crippen molar-refractivity contribution in [1.29, 1.82) is 0 Å². The lowest BCUT2D eigenvalue weighted by Gasteiger charge is -2.17. The van der Waals surface area contributed by atoms with Gasteiger partial charge in [-0.15, -0.1) is 24.0 Å². The second-order valence-electron chi connectivity index (χ2n) is 6.65. The lowest BCUT2D eigenvalue weighted by atomic mass is 10.1. The van der Waals surface area contributed by atoms with Crippen molar-refractivity contribution in [2.24, 2.45) is 4.99 Å². The minimum atomic E-state index is 0. The molecule has 2 aromatic carbocycles. The molecular weight excluding hydrogens is 509 g/mol. The molecule has 31 heavy (non-hydrogen) atoms. The number of guanidine groups is 1. The Balaban J connectivity index is 0.00000480. The molecule has 2 N–H and O–H groups in total. The van der Waals surface area contributed by atoms with E-state index in [1.807, 2.05) is 30.3 Å². The Morgan fingerprint density at radius 1 is 0.935 bits per heavy atom. The van der Waals surface area contributed by atoms with Gasteiger partial charge in [-0.25, -0.2) is 0 Å². The highest BCUT2D eigenvalue weighted by Crippen LogP contribution is 2.34. The quantitative estimate of drug-likeness (QED) is 0.192. The molecule has 0 saturated heterocycles. The normalized spacial score (nSPS) is 11.8. The van der Waals surface area contributed by atoms with Crippen LogP contribution in [0.2, 0.25) is 0 Å². The predicted molar refractivity (Wildman–Crippen MR) is 135 cm³/mol. The molecule has 0 heterocycles. The Labute approximate surface area is 202 Å². The van der Waals surface area contributed by atoms with Gasteiger partial charge in [-0.05, 0) is 25.0 Å². The van der Waals surface area contributed by atoms with E-state index in [0.717, 1.165) is 24.3 Å². The zero-order valence-corrected chi connectivity index (χ0v) is 21.3. The highest BCUT2D eigenvalue weighted by Gasteiger charge is 2.12. The van der Waals surface area contributed by atoms with E-state index in [2.05, 4.69) is 34.7 Å². The average molecular weight is 543 g/mol. The van der Waals surface area contributed by atoms with Gasteiger partial charge < -0.3 is 29.6 Å². The molecule has 0 aromatic heterocycles. The smallest absolute Gasteiger partial charge is 0.191 e. The van der Waals surface area contributed by atoms with Gasteiger partial charge in [0.2, 0.25) is 0 Å². The van der Waals surface area contributed by atoms with Crippen molar-refractivity contribution in [3.8, 4) is 17.2 Å². The first kappa shape index (κ1) is 26.8. The van der Waals surface area contributed by atoms with Crippen molar-refractivity contribution in [3.63, 3.8) is 0 Å². The summed E-state index contributed by atoms with van der Waals surface area (Å²) in [6, 6.07) is 13.9. The zero-order valence-electron chi connectivity index (χ0n) is 18.9. The Kier molecular flexibility index (Phi) is 12.8. The third kappa shape index (κ3) is 8.45. The summed E-state index contributed by atoms with van der Waals surface area (Å²) in [6.45, 7) is 4.03. The van der Waals surface area contributed by atoms with Gasteiger partial charge in [-0.2, -0.15) is 0 Å². The predicted octanol–water partition coefficient (Wildman–Crippen LogP) is 4.16. The molecule has 0 spiro atoms. The molecule has 172 valence electrons. The van der Waals surface area contributed by atoms with E-state index in [4.69, 9.17) is 18.9 Å². The molecule has 1 unspecified atom stereocenters. The van der Waals surface area contributed by atoms with Crippen molar-refractivity contribution in [3.05, 3.63) is 53.6 Å². The fourth-order valence-electron chi connectivity index (χ4n) is 2.99. The molecule has 7 nitrogen and oxygen atoms in total. The third-order valence-corrected chi connectivity index (χ3v) is 4.71. The van der Waals surface area contributed by atoms with E-state index in [0.29, 0.717) is 30.6 Å². The number of hydrogen-bond donors (Lipinski definition) is 2. The van der Waals surface area contributed by atoms with Crippen LogP contribution in [0.3, 0.4) is 0 Å². The van der Waals surface area contributed by atoms with Crippen molar-refractivity contribution in [2.45, 2.75) is 26.0 Å². The molecular formula is C23H34IN3O4. The van der Waals surface area contributed by atoms with Gasteiger partial charge in [-0.3, -0.25) is 4.99 Å². The number of rotatable bonds is 11. The molecule has 8 heteroatoms. The standard InChI is InChI=1S/C23H33N3O4.HI/c1-17(18-10-7-6-8-11-18)30-13-9-12-25-23(24-2)26-16-19-14-21(28-4)22(29-5)15-20(19)27-3;/h6-8,10-11,14-15,17H,9,12-13,16H2,1-5H3,(H2,24,25,26);1H. The minimum absolute atomic E-state index is 0. The van der Waals surface area contributed by atoms with Gasteiger partial charge in [0.15, 0.2) is 17.5 Å². The van der Waals surface area contributed by atoms with E-state index in [-0.39, 0.29) is 30.1 Å². The van der Waals surface area contributed by atoms with Crippen LogP contribution >= 0.6 is 24.0 Å². The number of aliphatic imine (C=N–C) groups is 1. The highest BCUT2D eigenvalue weighted by atomic mass is 127. The first-order chi connectivity index (χ1) is 14.6. The van der Waals surface area contributed by atoms with E-state index >= 15 is 0 Å². The molecule has 0 fully saturated rings. The van der Waals surface area contributed by atoms with Gasteiger partial charge in [0, 0.05) is 38.4 Å². The SMILES string of the molecule is CN=C(NCCCOC(C)c1ccccc1)NCc1cc(OC)c(OC)cc1OC.I. The van der Waals surface area contributed by atoms with Crippen LogP contribution in [0.1, 0.15) is 30.6 Å². The number of methoxy groups -OCH3 is 3. The fraction of sp³-hybridized carbons (Fsp3) is 0.435. The molecule has 0 aliphatic carbocycles. The second kappa shape index (κ2) is 14.7. The van der Waals surface area contributed by atoms with Gasteiger partial charge in [0.05, 0.1) is 27.4 Å². The minimum Gasteiger partial charge on any atom is -0.496 e. The Bertz CT molecular complexity index is 803. The van der Waals surface area contributed by atoms with Gasteiger partial charge in [0.1, 0.15) is 5.75 Å². The molecule has 0 aliphatic rings. The van der Waals surface area contributed by atoms with Crippen LogP contribution in [0.4, 0.5) is 0 Å². The second-order valence-corrected chi connectivity index (χ2v) is 6.65. The molecule has 0 saturated carbocycles. The summed E-state index contributed by atoms with van der Waals surface area (Å²) in [6.07, 6.45) is 0.957. The third-order valence-electron chi connectivity index (χ3n) is 4.71. The Morgan fingerprint density at radius 2 is 1.58 bits per heavy atom. The number of halogens is 1. The van der Waals surface area contributed by atoms with E-state index in [1.165, 1.54) is 5.56 Å². The van der Waals surface area contributed by atoms with Crippen LogP contribution in [0, 0.1) is 0 Å². The van der Waals surface area contributed by atoms with Crippen LogP contribution in [-0.4, -0.2) is 47.5 Å². The monoisotopic (exact) mass is 543 g/mol. The van der Waals surface area contributed by atoms with Gasteiger partial charge >= 0.3 is 0 Å². The first-order valence-corrected chi connectivity index (χ1v) is 10.0. The molecule has 1 atom stereocenters. The van der Waals surface area contributed by atoms with Crippen LogP contribution < -0.4 is 24.8 Å². The summed E-state index contributed by atoms with van der Waals surface area (Å²) < 4.78 is 22.1. The zero-order chi connectivity index (χ0) is 21.8. The van der Waals surface area contributed by atoms with Gasteiger partial charge in [0.25, 0.3) is 0 Å². The summed E-state index contributed by atoms with van der Waals surface area (Å²) in [5, 5.41) is 6.60. The van der Waals surface area contributed by atoms with Crippen molar-refractivity contribution < 1.29 is 18.9 Å². The Hall–Kier alpha value is -2.20. The summed E-state index contributed by atoms with van der Waals surface area (Å²) in [4.78, 5) is 4.27. The number of benzene rings is 2. The van der Waals surface area contributed by atoms with Crippen molar-refractivity contribution in [1.82, 2.24) is 10.6 Å². The lowest BCUT2D eigenvalue weighted by Crippen LogP contribution is -2.37. The van der Waals surface area contributed by atoms with E-state index < -0.39 is 0 Å². The highest BCUT2D eigenvalue weighted by molar-refractivity contribution is 14.0. The molecule has 0 radical (unpaired) electrons. The number of nitrogens with zero attached hydrogens (tertiary/aromatic N) is 1. The summed E-state index contributed by atoms with van der Waals surface area (Å²) in [5.41, 5.74) is 2.13. The van der Waals surface area contributed by atoms with Crippen LogP contribution in [-0.2, 0) is 11.3 Å². The van der Waals surface area contributed by atoms with Crippen molar-refractivity contribution >= 4 is 29.9 Å². The molecule has 2 rings (SSSR count). The van der Waals surface area contributed by atoms with Crippen LogP contribution in [0.15, 0.2) is 47.5 Å². The molecule has 0 bridgehead atoms. The number of hydrogen-bond acceptors (Lipinski definition) is 5. The maximum absolute atomic E-state index is 5.91. The maximum Gasteiger partial charge on any atom is 0.191 e. The summed E-state index contributed by atoms with van der Waals surface area (Å²) in [7, 11) is 6.59. The fourth-order valence-corrected chi connectivity index (χ4v) is 2.99. The van der Waals surface area contributed by atoms with E-state index in [9.17, 15) is 0 Å². The van der Waals surface area contributed by atoms with E-state index in [1.54, 1.807) is 28.4 Å². The number of nitrogens with one attached hydrogen (secondary N) is 2. The lowest BCUT2D eigenvalue weighted by molar-refractivity contribution is 0.0646. The first-order valence-electron chi connectivity index (χ1n) is 10.0. The topological polar surface area (TPSA) is 73.3 Å². The Morgan fingerprint density at radius 3 is 2.19 bits per heavy atom. The van der Waals surface area contributed by atoms with Crippen molar-refractivity contribution in [2.75, 3.05) is 41.5 Å². The maximum atomic E-state index is 5.91. The molecule has 0 aliphatic heterocycles. The summed E-state index contributed by atoms with van der Waals surface area (Å²) >= 11 is 0. The van der Waals surface area contributed by atoms with Crippen LogP contribution in [0.5, 0.6) is 17.2 Å².